The van der Waals surface area contributed by atoms with Gasteiger partial charge in [-0.3, -0.25) is 10.00 Å². The van der Waals surface area contributed by atoms with E-state index in [2.05, 4.69) is 58.5 Å². The van der Waals surface area contributed by atoms with Gasteiger partial charge in [0.25, 0.3) is 0 Å². The quantitative estimate of drug-likeness (QED) is 0.858. The van der Waals surface area contributed by atoms with E-state index in [1.54, 1.807) is 0 Å². The topological polar surface area (TPSA) is 53.2 Å². The third-order valence-corrected chi connectivity index (χ3v) is 4.54. The van der Waals surface area contributed by atoms with Crippen molar-refractivity contribution >= 4 is 0 Å². The Morgan fingerprint density at radius 2 is 1.96 bits per heavy atom. The molecule has 0 bridgehead atoms. The molecule has 124 valence electrons. The zero-order valence-electron chi connectivity index (χ0n) is 14.0. The Balaban J connectivity index is 1.67. The highest BCUT2D eigenvalue weighted by Crippen LogP contribution is 2.22. The van der Waals surface area contributed by atoms with Crippen molar-refractivity contribution in [1.82, 2.24) is 20.4 Å². The maximum Gasteiger partial charge on any atom is 0.0594 e. The van der Waals surface area contributed by atoms with Crippen molar-refractivity contribution in [1.29, 1.82) is 0 Å². The molecule has 1 saturated heterocycles. The van der Waals surface area contributed by atoms with Crippen molar-refractivity contribution in [3.8, 4) is 0 Å². The predicted molar refractivity (Wildman–Crippen MR) is 91.3 cm³/mol. The van der Waals surface area contributed by atoms with Gasteiger partial charge >= 0.3 is 0 Å². The van der Waals surface area contributed by atoms with Gasteiger partial charge in [0.1, 0.15) is 0 Å². The van der Waals surface area contributed by atoms with Crippen molar-refractivity contribution in [2.75, 3.05) is 32.8 Å². The molecule has 23 heavy (non-hydrogen) atoms. The zero-order chi connectivity index (χ0) is 16.1. The lowest BCUT2D eigenvalue weighted by atomic mass is 10.0. The molecule has 1 aromatic heterocycles. The highest BCUT2D eigenvalue weighted by atomic mass is 16.5. The van der Waals surface area contributed by atoms with E-state index in [0.717, 1.165) is 45.1 Å². The van der Waals surface area contributed by atoms with Crippen molar-refractivity contribution in [3.63, 3.8) is 0 Å². The number of nitrogens with one attached hydrogen (secondary N) is 2. The van der Waals surface area contributed by atoms with Gasteiger partial charge in [0.2, 0.25) is 0 Å². The predicted octanol–water partition coefficient (Wildman–Crippen LogP) is 2.19. The normalized spacial score (nSPS) is 17.3. The van der Waals surface area contributed by atoms with Crippen molar-refractivity contribution in [2.45, 2.75) is 26.4 Å². The number of aromatic amines is 1. The summed E-state index contributed by atoms with van der Waals surface area (Å²) in [6.45, 7) is 9.59. The standard InChI is InChI=1S/C18H26N4O/c1-14-3-5-16(6-4-14)18(22-7-9-23-10-8-22)13-19-11-17-12-20-21-15(17)2/h3-6,12,18-19H,7-11,13H2,1-2H3,(H,20,21)/t18-/m0/s1. The minimum absolute atomic E-state index is 0.381. The molecule has 0 radical (unpaired) electrons. The van der Waals surface area contributed by atoms with Crippen LogP contribution in [0, 0.1) is 13.8 Å². The fourth-order valence-corrected chi connectivity index (χ4v) is 3.03. The number of aryl methyl sites for hydroxylation is 2. The second-order valence-electron chi connectivity index (χ2n) is 6.23. The van der Waals surface area contributed by atoms with Crippen LogP contribution in [-0.2, 0) is 11.3 Å². The second-order valence-corrected chi connectivity index (χ2v) is 6.23. The SMILES string of the molecule is Cc1ccc([C@H](CNCc2cn[nH]c2C)N2CCOCC2)cc1. The molecule has 0 amide bonds. The van der Waals surface area contributed by atoms with Gasteiger partial charge in [0, 0.05) is 43.5 Å². The summed E-state index contributed by atoms with van der Waals surface area (Å²) in [4.78, 5) is 2.52. The van der Waals surface area contributed by atoms with Gasteiger partial charge in [-0.05, 0) is 19.4 Å². The Morgan fingerprint density at radius 3 is 2.61 bits per heavy atom. The van der Waals surface area contributed by atoms with Crippen LogP contribution in [0.25, 0.3) is 0 Å². The molecule has 1 atom stereocenters. The molecule has 3 rings (SSSR count). The van der Waals surface area contributed by atoms with Gasteiger partial charge in [-0.2, -0.15) is 5.10 Å². The summed E-state index contributed by atoms with van der Waals surface area (Å²) in [5.41, 5.74) is 5.04. The average Bonchev–Trinajstić information content (AvgIpc) is 2.99. The number of H-pyrrole nitrogens is 1. The molecular formula is C18H26N4O. The lowest BCUT2D eigenvalue weighted by Gasteiger charge is -2.35. The van der Waals surface area contributed by atoms with E-state index in [1.165, 1.54) is 16.7 Å². The van der Waals surface area contributed by atoms with E-state index >= 15 is 0 Å². The van der Waals surface area contributed by atoms with Crippen LogP contribution >= 0.6 is 0 Å². The first-order valence-corrected chi connectivity index (χ1v) is 8.32. The number of benzene rings is 1. The van der Waals surface area contributed by atoms with Crippen molar-refractivity contribution < 1.29 is 4.74 Å². The number of morpholine rings is 1. The molecule has 1 aromatic carbocycles. The molecule has 0 saturated carbocycles. The van der Waals surface area contributed by atoms with E-state index < -0.39 is 0 Å². The zero-order valence-corrected chi connectivity index (χ0v) is 14.0. The average molecular weight is 314 g/mol. The maximum absolute atomic E-state index is 5.51. The lowest BCUT2D eigenvalue weighted by Crippen LogP contribution is -2.42. The summed E-state index contributed by atoms with van der Waals surface area (Å²) in [7, 11) is 0. The Labute approximate surface area is 138 Å². The minimum atomic E-state index is 0.381. The van der Waals surface area contributed by atoms with Crippen LogP contribution in [0.1, 0.15) is 28.4 Å². The van der Waals surface area contributed by atoms with Gasteiger partial charge in [-0.15, -0.1) is 0 Å². The summed E-state index contributed by atoms with van der Waals surface area (Å²) in [6.07, 6.45) is 1.90. The molecule has 0 spiro atoms. The van der Waals surface area contributed by atoms with Crippen LogP contribution in [0.15, 0.2) is 30.5 Å². The summed E-state index contributed by atoms with van der Waals surface area (Å²) in [6, 6.07) is 9.28. The summed E-state index contributed by atoms with van der Waals surface area (Å²) in [5, 5.41) is 10.7. The van der Waals surface area contributed by atoms with E-state index in [4.69, 9.17) is 4.74 Å². The number of nitrogens with zero attached hydrogens (tertiary/aromatic N) is 2. The van der Waals surface area contributed by atoms with Gasteiger partial charge < -0.3 is 10.1 Å². The first kappa shape index (κ1) is 16.2. The minimum Gasteiger partial charge on any atom is -0.379 e. The third-order valence-electron chi connectivity index (χ3n) is 4.54. The molecule has 2 N–H and O–H groups in total. The van der Waals surface area contributed by atoms with Gasteiger partial charge in [-0.1, -0.05) is 29.8 Å². The number of ether oxygens (including phenoxy) is 1. The fourth-order valence-electron chi connectivity index (χ4n) is 3.03. The molecule has 1 aliphatic rings. The van der Waals surface area contributed by atoms with Gasteiger partial charge in [0.15, 0.2) is 0 Å². The summed E-state index contributed by atoms with van der Waals surface area (Å²) < 4.78 is 5.51. The van der Waals surface area contributed by atoms with Crippen LogP contribution in [-0.4, -0.2) is 47.9 Å². The van der Waals surface area contributed by atoms with Gasteiger partial charge in [-0.25, -0.2) is 0 Å². The van der Waals surface area contributed by atoms with Crippen LogP contribution in [0.2, 0.25) is 0 Å². The Hall–Kier alpha value is -1.69. The van der Waals surface area contributed by atoms with E-state index in [-0.39, 0.29) is 0 Å². The lowest BCUT2D eigenvalue weighted by molar-refractivity contribution is 0.0161. The third kappa shape index (κ3) is 4.19. The number of hydrogen-bond donors (Lipinski definition) is 2. The number of aromatic nitrogens is 2. The van der Waals surface area contributed by atoms with Crippen LogP contribution in [0.4, 0.5) is 0 Å². The monoisotopic (exact) mass is 314 g/mol. The maximum atomic E-state index is 5.51. The van der Waals surface area contributed by atoms with E-state index in [1.807, 2.05) is 6.20 Å². The molecule has 1 aliphatic heterocycles. The molecule has 0 unspecified atom stereocenters. The smallest absolute Gasteiger partial charge is 0.0594 e. The highest BCUT2D eigenvalue weighted by Gasteiger charge is 2.22. The summed E-state index contributed by atoms with van der Waals surface area (Å²) in [5.74, 6) is 0. The van der Waals surface area contributed by atoms with Crippen molar-refractivity contribution in [3.05, 3.63) is 52.8 Å². The van der Waals surface area contributed by atoms with E-state index in [9.17, 15) is 0 Å². The Bertz CT molecular complexity index is 602. The van der Waals surface area contributed by atoms with Crippen LogP contribution in [0.5, 0.6) is 0 Å². The fraction of sp³-hybridized carbons (Fsp3) is 0.500. The van der Waals surface area contributed by atoms with Crippen LogP contribution in [0.3, 0.4) is 0 Å². The van der Waals surface area contributed by atoms with Crippen LogP contribution < -0.4 is 5.32 Å². The molecule has 5 nitrogen and oxygen atoms in total. The molecule has 2 aromatic rings. The second kappa shape index (κ2) is 7.73. The van der Waals surface area contributed by atoms with Gasteiger partial charge in [0.05, 0.1) is 19.4 Å². The van der Waals surface area contributed by atoms with E-state index in [0.29, 0.717) is 6.04 Å². The summed E-state index contributed by atoms with van der Waals surface area (Å²) >= 11 is 0. The molecule has 0 aliphatic carbocycles. The Kier molecular flexibility index (Phi) is 5.43. The number of rotatable bonds is 6. The molecule has 5 heteroatoms. The van der Waals surface area contributed by atoms with Crippen molar-refractivity contribution in [2.24, 2.45) is 0 Å². The molecular weight excluding hydrogens is 288 g/mol. The molecule has 2 heterocycles. The first-order chi connectivity index (χ1) is 11.2. The highest BCUT2D eigenvalue weighted by molar-refractivity contribution is 5.25. The molecule has 1 fully saturated rings. The largest absolute Gasteiger partial charge is 0.379 e. The number of hydrogen-bond acceptors (Lipinski definition) is 4. The Morgan fingerprint density at radius 1 is 1.22 bits per heavy atom. The first-order valence-electron chi connectivity index (χ1n) is 8.32.